The van der Waals surface area contributed by atoms with Gasteiger partial charge in [-0.05, 0) is 113 Å². The molecule has 2 heterocycles. The van der Waals surface area contributed by atoms with Gasteiger partial charge in [0.15, 0.2) is 10.1 Å². The number of benzene rings is 4. The average molecular weight is 945 g/mol. The van der Waals surface area contributed by atoms with Crippen molar-refractivity contribution >= 4 is 20.0 Å². The molecule has 0 aliphatic heterocycles. The minimum Gasteiger partial charge on any atom is -0.497 e. The van der Waals surface area contributed by atoms with E-state index in [0.29, 0.717) is 28.7 Å². The zero-order chi connectivity index (χ0) is 48.6. The second kappa shape index (κ2) is 21.3. The number of ether oxygens (including phenoxy) is 4. The molecule has 356 valence electrons. The van der Waals surface area contributed by atoms with Crippen molar-refractivity contribution < 1.29 is 35.8 Å². The molecule has 2 N–H and O–H groups in total. The third kappa shape index (κ3) is 12.4. The monoisotopic (exact) mass is 944 g/mol. The van der Waals surface area contributed by atoms with Crippen LogP contribution in [0.15, 0.2) is 119 Å². The predicted molar refractivity (Wildman–Crippen MR) is 255 cm³/mol. The molecule has 0 saturated carbocycles. The molecule has 0 radical (unpaired) electrons. The van der Waals surface area contributed by atoms with Crippen LogP contribution in [0.4, 0.5) is 0 Å². The lowest BCUT2D eigenvalue weighted by molar-refractivity contribution is 0.185. The molecule has 18 heteroatoms. The van der Waals surface area contributed by atoms with Crippen LogP contribution in [-0.4, -0.2) is 92.4 Å². The van der Waals surface area contributed by atoms with Gasteiger partial charge >= 0.3 is 0 Å². The number of hydrogen-bond acceptors (Lipinski definition) is 12. The Labute approximate surface area is 390 Å². The van der Waals surface area contributed by atoms with Gasteiger partial charge in [0, 0.05) is 52.4 Å². The largest absolute Gasteiger partial charge is 0.497 e. The Hall–Kier alpha value is -5.76. The van der Waals surface area contributed by atoms with Crippen LogP contribution in [0.3, 0.4) is 0 Å². The quantitative estimate of drug-likeness (QED) is 0.0917. The fourth-order valence-corrected chi connectivity index (χ4v) is 9.77. The van der Waals surface area contributed by atoms with E-state index in [1.54, 1.807) is 59.3 Å². The Kier molecular flexibility index (Phi) is 16.5. The highest BCUT2D eigenvalue weighted by Gasteiger charge is 2.34. The topological polar surface area (TPSA) is 177 Å². The molecule has 4 aromatic carbocycles. The normalized spacial score (nSPS) is 12.3. The van der Waals surface area contributed by atoms with Crippen LogP contribution >= 0.6 is 0 Å². The van der Waals surface area contributed by atoms with Crippen molar-refractivity contribution in [3.05, 3.63) is 143 Å². The second-order valence-corrected chi connectivity index (χ2v) is 20.9. The Morgan fingerprint density at radius 2 is 0.758 bits per heavy atom. The van der Waals surface area contributed by atoms with E-state index in [1.165, 1.54) is 13.3 Å². The van der Waals surface area contributed by atoms with Crippen LogP contribution in [0, 0.1) is 0 Å². The molecule has 0 aliphatic rings. The summed E-state index contributed by atoms with van der Waals surface area (Å²) < 4.78 is 81.9. The molecule has 0 saturated heterocycles. The molecule has 66 heavy (non-hydrogen) atoms. The molecule has 0 spiro atoms. The maximum absolute atomic E-state index is 13.8. The van der Waals surface area contributed by atoms with E-state index < -0.39 is 31.1 Å². The van der Waals surface area contributed by atoms with Crippen molar-refractivity contribution in [2.75, 3.05) is 42.5 Å². The standard InChI is InChI=1S/C25H34N4O4S.C23H30N4O4S/c1-25(2,27(3)4)23-16-24(26-28(23)5)34(30,31)29(17-19-8-12-21(32-6)13-9-19)18-20-10-14-22(33-7)15-11-20;1-23(2,24)21-14-22(25-26(21)3)32(28,29)27(15-17-6-10-19(30-4)11-7-17)16-18-8-12-20(31-5)13-9-18/h8-16H,17-18H2,1-7H3;6-14H,15-16,24H2,1-5H3. The summed E-state index contributed by atoms with van der Waals surface area (Å²) in [5.41, 5.74) is 9.88. The third-order valence-electron chi connectivity index (χ3n) is 11.4. The van der Waals surface area contributed by atoms with E-state index in [0.717, 1.165) is 27.9 Å². The zero-order valence-corrected chi connectivity index (χ0v) is 41.6. The highest BCUT2D eigenvalue weighted by Crippen LogP contribution is 2.30. The Balaban J connectivity index is 0.000000248. The molecular weight excluding hydrogens is 881 g/mol. The summed E-state index contributed by atoms with van der Waals surface area (Å²) in [6, 6.07) is 32.6. The summed E-state index contributed by atoms with van der Waals surface area (Å²) >= 11 is 0. The number of methoxy groups -OCH3 is 4. The van der Waals surface area contributed by atoms with Gasteiger partial charge in [-0.1, -0.05) is 48.5 Å². The Morgan fingerprint density at radius 3 is 0.985 bits per heavy atom. The maximum atomic E-state index is 13.8. The summed E-state index contributed by atoms with van der Waals surface area (Å²) in [5, 5.41) is 8.68. The van der Waals surface area contributed by atoms with Crippen molar-refractivity contribution in [2.24, 2.45) is 19.8 Å². The summed E-state index contributed by atoms with van der Waals surface area (Å²) in [6.07, 6.45) is 0. The van der Waals surface area contributed by atoms with Crippen molar-refractivity contribution in [2.45, 2.75) is 75.0 Å². The van der Waals surface area contributed by atoms with Gasteiger partial charge in [-0.3, -0.25) is 14.3 Å². The molecule has 0 bridgehead atoms. The van der Waals surface area contributed by atoms with Crippen molar-refractivity contribution in [3.63, 3.8) is 0 Å². The van der Waals surface area contributed by atoms with E-state index in [2.05, 4.69) is 10.2 Å². The number of nitrogens with two attached hydrogens (primary N) is 1. The van der Waals surface area contributed by atoms with Gasteiger partial charge in [0.05, 0.1) is 50.9 Å². The van der Waals surface area contributed by atoms with Gasteiger partial charge in [0.25, 0.3) is 20.0 Å². The molecule has 0 amide bonds. The third-order valence-corrected chi connectivity index (χ3v) is 14.7. The van der Waals surface area contributed by atoms with Crippen LogP contribution in [0.25, 0.3) is 0 Å². The molecule has 0 aliphatic carbocycles. The van der Waals surface area contributed by atoms with E-state index >= 15 is 0 Å². The summed E-state index contributed by atoms with van der Waals surface area (Å²) in [6.45, 7) is 8.44. The van der Waals surface area contributed by atoms with E-state index in [-0.39, 0.29) is 36.2 Å². The van der Waals surface area contributed by atoms with Crippen LogP contribution in [0.1, 0.15) is 61.3 Å². The smallest absolute Gasteiger partial charge is 0.263 e. The Bertz CT molecular complexity index is 2630. The number of rotatable bonds is 19. The fourth-order valence-electron chi connectivity index (χ4n) is 6.99. The first kappa shape index (κ1) is 51.2. The highest BCUT2D eigenvalue weighted by atomic mass is 32.2. The molecule has 6 aromatic rings. The predicted octanol–water partition coefficient (Wildman–Crippen LogP) is 6.65. The number of aryl methyl sites for hydroxylation is 2. The minimum absolute atomic E-state index is 0.0296. The lowest BCUT2D eigenvalue weighted by atomic mass is 9.99. The average Bonchev–Trinajstić information content (AvgIpc) is 3.91. The van der Waals surface area contributed by atoms with Crippen LogP contribution in [0.5, 0.6) is 23.0 Å². The van der Waals surface area contributed by atoms with E-state index in [4.69, 9.17) is 24.7 Å². The molecule has 0 atom stereocenters. The van der Waals surface area contributed by atoms with Crippen LogP contribution in [0.2, 0.25) is 0 Å². The number of nitrogens with zero attached hydrogens (tertiary/aromatic N) is 7. The van der Waals surface area contributed by atoms with Crippen LogP contribution in [-0.2, 0) is 71.4 Å². The first-order chi connectivity index (χ1) is 31.0. The zero-order valence-electron chi connectivity index (χ0n) is 40.0. The molecule has 0 unspecified atom stereocenters. The van der Waals surface area contributed by atoms with E-state index in [1.807, 2.05) is 144 Å². The first-order valence-electron chi connectivity index (χ1n) is 21.1. The molecular formula is C48H64N8O8S2. The lowest BCUT2D eigenvalue weighted by Crippen LogP contribution is -2.37. The summed E-state index contributed by atoms with van der Waals surface area (Å²) in [4.78, 5) is 2.03. The van der Waals surface area contributed by atoms with Crippen molar-refractivity contribution in [1.29, 1.82) is 0 Å². The highest BCUT2D eigenvalue weighted by molar-refractivity contribution is 7.89. The second-order valence-electron chi connectivity index (χ2n) is 17.1. The van der Waals surface area contributed by atoms with Crippen LogP contribution < -0.4 is 24.7 Å². The number of aromatic nitrogens is 4. The van der Waals surface area contributed by atoms with Crippen molar-refractivity contribution in [3.8, 4) is 23.0 Å². The molecule has 6 rings (SSSR count). The molecule has 0 fully saturated rings. The van der Waals surface area contributed by atoms with Gasteiger partial charge in [0.2, 0.25) is 0 Å². The van der Waals surface area contributed by atoms with Gasteiger partial charge < -0.3 is 24.7 Å². The van der Waals surface area contributed by atoms with Gasteiger partial charge in [-0.25, -0.2) is 16.8 Å². The van der Waals surface area contributed by atoms with Gasteiger partial charge in [-0.2, -0.15) is 18.8 Å². The summed E-state index contributed by atoms with van der Waals surface area (Å²) in [7, 11) is 5.97. The first-order valence-corrected chi connectivity index (χ1v) is 24.0. The number of sulfonamides is 2. The summed E-state index contributed by atoms with van der Waals surface area (Å²) in [5.74, 6) is 2.85. The lowest BCUT2D eigenvalue weighted by Gasteiger charge is -2.32. The molecule has 2 aromatic heterocycles. The maximum Gasteiger partial charge on any atom is 0.263 e. The molecule has 16 nitrogen and oxygen atoms in total. The Morgan fingerprint density at radius 1 is 0.500 bits per heavy atom. The number of hydrogen-bond donors (Lipinski definition) is 1. The fraction of sp³-hybridized carbons (Fsp3) is 0.375. The van der Waals surface area contributed by atoms with Gasteiger partial charge in [0.1, 0.15) is 23.0 Å². The van der Waals surface area contributed by atoms with Gasteiger partial charge in [-0.15, -0.1) is 0 Å². The van der Waals surface area contributed by atoms with E-state index in [9.17, 15) is 16.8 Å². The van der Waals surface area contributed by atoms with Crippen molar-refractivity contribution in [1.82, 2.24) is 33.1 Å². The SMILES string of the molecule is COc1ccc(CN(Cc2ccc(OC)cc2)S(=O)(=O)c2cc(C(C)(C)N(C)C)n(C)n2)cc1.COc1ccc(CN(Cc2ccc(OC)cc2)S(=O)(=O)c2cc(C(C)(C)N)n(C)n2)cc1. The minimum atomic E-state index is -3.91.